The third kappa shape index (κ3) is 2.91. The maximum absolute atomic E-state index is 12.9. The topological polar surface area (TPSA) is 49.8 Å². The highest BCUT2D eigenvalue weighted by Crippen LogP contribution is 2.36. The number of morpholine rings is 1. The van der Waals surface area contributed by atoms with Crippen LogP contribution >= 0.6 is 11.3 Å². The minimum Gasteiger partial charge on any atom is -0.506 e. The molecule has 2 heterocycles. The Morgan fingerprint density at radius 3 is 2.57 bits per heavy atom. The monoisotopic (exact) mass is 307 g/mol. The summed E-state index contributed by atoms with van der Waals surface area (Å²) in [4.78, 5) is 15.1. The molecular formula is C15H14FNO3S. The Morgan fingerprint density at radius 2 is 1.90 bits per heavy atom. The van der Waals surface area contributed by atoms with Gasteiger partial charge in [-0.05, 0) is 23.8 Å². The van der Waals surface area contributed by atoms with Gasteiger partial charge in [-0.2, -0.15) is 0 Å². The first-order valence-electron chi connectivity index (χ1n) is 6.61. The highest BCUT2D eigenvalue weighted by molar-refractivity contribution is 7.17. The van der Waals surface area contributed by atoms with Crippen molar-refractivity contribution in [2.24, 2.45) is 0 Å². The summed E-state index contributed by atoms with van der Waals surface area (Å²) >= 11 is 1.22. The molecule has 6 heteroatoms. The fourth-order valence-corrected chi connectivity index (χ4v) is 3.23. The minimum atomic E-state index is -0.316. The normalized spacial score (nSPS) is 15.2. The van der Waals surface area contributed by atoms with Gasteiger partial charge in [-0.15, -0.1) is 11.3 Å². The maximum atomic E-state index is 12.9. The van der Waals surface area contributed by atoms with E-state index in [0.29, 0.717) is 31.2 Å². The first-order valence-corrected chi connectivity index (χ1v) is 7.42. The zero-order valence-electron chi connectivity index (χ0n) is 11.2. The second kappa shape index (κ2) is 5.83. The Morgan fingerprint density at radius 1 is 1.24 bits per heavy atom. The number of amides is 1. The molecule has 1 aliphatic heterocycles. The van der Waals surface area contributed by atoms with Crippen LogP contribution in [0.2, 0.25) is 0 Å². The summed E-state index contributed by atoms with van der Waals surface area (Å²) in [7, 11) is 0. The highest BCUT2D eigenvalue weighted by atomic mass is 32.1. The number of aromatic hydroxyl groups is 1. The predicted octanol–water partition coefficient (Wildman–Crippen LogP) is 2.73. The summed E-state index contributed by atoms with van der Waals surface area (Å²) in [6, 6.07) is 7.52. The van der Waals surface area contributed by atoms with Gasteiger partial charge in [0, 0.05) is 18.0 Å². The number of carbonyl (C=O) groups excluding carboxylic acids is 1. The van der Waals surface area contributed by atoms with Gasteiger partial charge < -0.3 is 14.7 Å². The van der Waals surface area contributed by atoms with Gasteiger partial charge in [-0.25, -0.2) is 4.39 Å². The molecule has 4 nitrogen and oxygen atoms in total. The van der Waals surface area contributed by atoms with Crippen LogP contribution in [0, 0.1) is 5.82 Å². The van der Waals surface area contributed by atoms with Crippen molar-refractivity contribution in [1.82, 2.24) is 4.90 Å². The quantitative estimate of drug-likeness (QED) is 0.928. The van der Waals surface area contributed by atoms with Gasteiger partial charge in [-0.3, -0.25) is 4.79 Å². The number of benzene rings is 1. The van der Waals surface area contributed by atoms with Crippen molar-refractivity contribution in [3.8, 4) is 16.2 Å². The summed E-state index contributed by atoms with van der Waals surface area (Å²) in [5.41, 5.74) is 0.776. The van der Waals surface area contributed by atoms with E-state index in [1.165, 1.54) is 23.5 Å². The molecule has 2 aromatic rings. The summed E-state index contributed by atoms with van der Waals surface area (Å²) in [5.74, 6) is -0.533. The highest BCUT2D eigenvalue weighted by Gasteiger charge is 2.23. The molecule has 1 aromatic heterocycles. The summed E-state index contributed by atoms with van der Waals surface area (Å²) in [5, 5.41) is 10.0. The number of rotatable bonds is 2. The van der Waals surface area contributed by atoms with E-state index in [-0.39, 0.29) is 17.5 Å². The van der Waals surface area contributed by atoms with Crippen molar-refractivity contribution >= 4 is 17.2 Å². The smallest absolute Gasteiger partial charge is 0.267 e. The van der Waals surface area contributed by atoms with Gasteiger partial charge in [0.2, 0.25) is 0 Å². The van der Waals surface area contributed by atoms with E-state index < -0.39 is 0 Å². The van der Waals surface area contributed by atoms with Gasteiger partial charge >= 0.3 is 0 Å². The molecule has 0 bridgehead atoms. The van der Waals surface area contributed by atoms with E-state index >= 15 is 0 Å². The molecule has 3 rings (SSSR count). The Bertz CT molecular complexity index is 647. The molecule has 1 saturated heterocycles. The molecule has 1 aromatic carbocycles. The predicted molar refractivity (Wildman–Crippen MR) is 78.1 cm³/mol. The van der Waals surface area contributed by atoms with Crippen LogP contribution in [-0.4, -0.2) is 42.2 Å². The number of hydrogen-bond acceptors (Lipinski definition) is 4. The summed E-state index contributed by atoms with van der Waals surface area (Å²) in [6.45, 7) is 2.09. The minimum absolute atomic E-state index is 0.0317. The van der Waals surface area contributed by atoms with Gasteiger partial charge in [0.1, 0.15) is 16.4 Å². The third-order valence-electron chi connectivity index (χ3n) is 3.33. The van der Waals surface area contributed by atoms with Crippen molar-refractivity contribution in [1.29, 1.82) is 0 Å². The van der Waals surface area contributed by atoms with Gasteiger partial charge in [0.25, 0.3) is 5.91 Å². The third-order valence-corrected chi connectivity index (χ3v) is 4.50. The largest absolute Gasteiger partial charge is 0.506 e. The van der Waals surface area contributed by atoms with Crippen LogP contribution in [0.4, 0.5) is 4.39 Å². The molecule has 1 aliphatic rings. The van der Waals surface area contributed by atoms with E-state index in [0.717, 1.165) is 10.4 Å². The first kappa shape index (κ1) is 14.0. The molecule has 1 amide bonds. The van der Waals surface area contributed by atoms with Gasteiger partial charge in [-0.1, -0.05) is 12.1 Å². The number of nitrogens with zero attached hydrogens (tertiary/aromatic N) is 1. The second-order valence-electron chi connectivity index (χ2n) is 4.74. The van der Waals surface area contributed by atoms with Gasteiger partial charge in [0.15, 0.2) is 0 Å². The maximum Gasteiger partial charge on any atom is 0.267 e. The van der Waals surface area contributed by atoms with Crippen molar-refractivity contribution < 1.29 is 19.0 Å². The molecule has 1 fully saturated rings. The summed E-state index contributed by atoms with van der Waals surface area (Å²) < 4.78 is 18.2. The number of thiophene rings is 1. The van der Waals surface area contributed by atoms with Crippen LogP contribution < -0.4 is 0 Å². The Balaban J connectivity index is 1.87. The lowest BCUT2D eigenvalue weighted by atomic mass is 10.2. The van der Waals surface area contributed by atoms with Crippen LogP contribution in [0.25, 0.3) is 10.4 Å². The molecular weight excluding hydrogens is 293 g/mol. The number of halogens is 1. The lowest BCUT2D eigenvalue weighted by Gasteiger charge is -2.26. The lowest BCUT2D eigenvalue weighted by Crippen LogP contribution is -2.40. The van der Waals surface area contributed by atoms with Crippen LogP contribution in [0.5, 0.6) is 5.75 Å². The van der Waals surface area contributed by atoms with Gasteiger partial charge in [0.05, 0.1) is 13.2 Å². The van der Waals surface area contributed by atoms with E-state index in [1.807, 2.05) is 0 Å². The van der Waals surface area contributed by atoms with Crippen molar-refractivity contribution in [3.63, 3.8) is 0 Å². The van der Waals surface area contributed by atoms with Crippen LogP contribution in [-0.2, 0) is 4.74 Å². The van der Waals surface area contributed by atoms with Crippen LogP contribution in [0.15, 0.2) is 30.3 Å². The fourth-order valence-electron chi connectivity index (χ4n) is 2.20. The average molecular weight is 307 g/mol. The lowest BCUT2D eigenvalue weighted by molar-refractivity contribution is 0.0304. The van der Waals surface area contributed by atoms with E-state index in [4.69, 9.17) is 4.74 Å². The molecule has 110 valence electrons. The number of carbonyl (C=O) groups is 1. The molecule has 0 saturated carbocycles. The molecule has 1 N–H and O–H groups in total. The van der Waals surface area contributed by atoms with E-state index in [2.05, 4.69) is 0 Å². The van der Waals surface area contributed by atoms with E-state index in [1.54, 1.807) is 23.1 Å². The standard InChI is InChI=1S/C15H14FNO3S/c16-11-3-1-10(2-4-11)13-9-12(18)14(21-13)15(19)17-5-7-20-8-6-17/h1-4,9,18H,5-8H2. The molecule has 0 unspecified atom stereocenters. The number of ether oxygens (including phenoxy) is 1. The SMILES string of the molecule is O=C(c1sc(-c2ccc(F)cc2)cc1O)N1CCOCC1. The fraction of sp³-hybridized carbons (Fsp3) is 0.267. The van der Waals surface area contributed by atoms with Crippen LogP contribution in [0.1, 0.15) is 9.67 Å². The Kier molecular flexibility index (Phi) is 3.90. The molecule has 0 aliphatic carbocycles. The summed E-state index contributed by atoms with van der Waals surface area (Å²) in [6.07, 6.45) is 0. The first-order chi connectivity index (χ1) is 10.1. The zero-order chi connectivity index (χ0) is 14.8. The van der Waals surface area contributed by atoms with E-state index in [9.17, 15) is 14.3 Å². The average Bonchev–Trinajstić information content (AvgIpc) is 2.90. The van der Waals surface area contributed by atoms with Crippen molar-refractivity contribution in [2.75, 3.05) is 26.3 Å². The zero-order valence-corrected chi connectivity index (χ0v) is 12.0. The van der Waals surface area contributed by atoms with Crippen molar-refractivity contribution in [3.05, 3.63) is 41.0 Å². The molecule has 0 atom stereocenters. The molecule has 0 radical (unpaired) electrons. The van der Waals surface area contributed by atoms with Crippen molar-refractivity contribution in [2.45, 2.75) is 0 Å². The number of hydrogen-bond donors (Lipinski definition) is 1. The second-order valence-corrected chi connectivity index (χ2v) is 5.79. The molecule has 21 heavy (non-hydrogen) atoms. The Hall–Kier alpha value is -1.92. The van der Waals surface area contributed by atoms with Crippen LogP contribution in [0.3, 0.4) is 0 Å². The molecule has 0 spiro atoms. The Labute approximate surface area is 125 Å².